The molecule has 3 N–H and O–H groups in total. The van der Waals surface area contributed by atoms with Crippen LogP contribution in [0.5, 0.6) is 5.75 Å². The minimum absolute atomic E-state index is 0.0505. The zero-order valence-corrected chi connectivity index (χ0v) is 11.6. The number of carbonyl (C=O) groups is 2. The van der Waals surface area contributed by atoms with Crippen LogP contribution in [0.3, 0.4) is 0 Å². The molecule has 1 aromatic rings. The van der Waals surface area contributed by atoms with Crippen LogP contribution < -0.4 is 5.32 Å². The van der Waals surface area contributed by atoms with Crippen LogP contribution in [0, 0.1) is 0 Å². The molecule has 0 unspecified atom stereocenters. The molecule has 0 aliphatic carbocycles. The van der Waals surface area contributed by atoms with Crippen molar-refractivity contribution in [2.75, 3.05) is 0 Å². The minimum Gasteiger partial charge on any atom is -0.508 e. The van der Waals surface area contributed by atoms with E-state index in [9.17, 15) is 14.7 Å². The molecule has 1 aromatic carbocycles. The first kappa shape index (κ1) is 16.0. The van der Waals surface area contributed by atoms with Crippen LogP contribution in [0.15, 0.2) is 24.3 Å². The average Bonchev–Trinajstić information content (AvgIpc) is 2.38. The SMILES string of the molecule is CCCC[C@H](CC(=O)O)NC(=O)Cc1ccccc1O. The van der Waals surface area contributed by atoms with E-state index in [-0.39, 0.29) is 30.5 Å². The number of para-hydroxylation sites is 1. The van der Waals surface area contributed by atoms with E-state index in [1.54, 1.807) is 18.2 Å². The number of aromatic hydroxyl groups is 1. The Morgan fingerprint density at radius 2 is 2.00 bits per heavy atom. The lowest BCUT2D eigenvalue weighted by molar-refractivity contribution is -0.137. The largest absolute Gasteiger partial charge is 0.508 e. The Morgan fingerprint density at radius 3 is 2.60 bits per heavy atom. The quantitative estimate of drug-likeness (QED) is 0.680. The van der Waals surface area contributed by atoms with Crippen LogP contribution in [-0.2, 0) is 16.0 Å². The van der Waals surface area contributed by atoms with Gasteiger partial charge < -0.3 is 15.5 Å². The van der Waals surface area contributed by atoms with Gasteiger partial charge in [-0.25, -0.2) is 0 Å². The van der Waals surface area contributed by atoms with Gasteiger partial charge in [-0.2, -0.15) is 0 Å². The summed E-state index contributed by atoms with van der Waals surface area (Å²) in [6.45, 7) is 2.02. The summed E-state index contributed by atoms with van der Waals surface area (Å²) in [7, 11) is 0. The molecule has 0 saturated heterocycles. The summed E-state index contributed by atoms with van der Waals surface area (Å²) in [5.74, 6) is -1.12. The summed E-state index contributed by atoms with van der Waals surface area (Å²) >= 11 is 0. The molecule has 5 heteroatoms. The molecule has 0 aliphatic heterocycles. The Morgan fingerprint density at radius 1 is 1.30 bits per heavy atom. The molecular formula is C15H21NO4. The maximum atomic E-state index is 11.9. The Bertz CT molecular complexity index is 459. The van der Waals surface area contributed by atoms with Crippen LogP contribution in [0.4, 0.5) is 0 Å². The predicted octanol–water partition coefficient (Wildman–Crippen LogP) is 2.08. The number of nitrogens with one attached hydrogen (secondary N) is 1. The van der Waals surface area contributed by atoms with Gasteiger partial charge in [0.2, 0.25) is 5.91 Å². The Balaban J connectivity index is 2.56. The smallest absolute Gasteiger partial charge is 0.305 e. The number of rotatable bonds is 8. The zero-order chi connectivity index (χ0) is 15.0. The van der Waals surface area contributed by atoms with Crippen LogP contribution in [0.25, 0.3) is 0 Å². The van der Waals surface area contributed by atoms with E-state index >= 15 is 0 Å². The van der Waals surface area contributed by atoms with Gasteiger partial charge in [-0.1, -0.05) is 38.0 Å². The van der Waals surface area contributed by atoms with Gasteiger partial charge in [-0.15, -0.1) is 0 Å². The highest BCUT2D eigenvalue weighted by molar-refractivity contribution is 5.80. The first-order valence-corrected chi connectivity index (χ1v) is 6.81. The summed E-state index contributed by atoms with van der Waals surface area (Å²) in [6, 6.07) is 6.27. The highest BCUT2D eigenvalue weighted by Gasteiger charge is 2.16. The van der Waals surface area contributed by atoms with Crippen molar-refractivity contribution < 1.29 is 19.8 Å². The highest BCUT2D eigenvalue weighted by atomic mass is 16.4. The van der Waals surface area contributed by atoms with Crippen molar-refractivity contribution in [3.63, 3.8) is 0 Å². The van der Waals surface area contributed by atoms with E-state index in [2.05, 4.69) is 5.32 Å². The van der Waals surface area contributed by atoms with Crippen molar-refractivity contribution >= 4 is 11.9 Å². The number of carbonyl (C=O) groups excluding carboxylic acids is 1. The number of hydrogen-bond acceptors (Lipinski definition) is 3. The molecule has 1 rings (SSSR count). The van der Waals surface area contributed by atoms with Crippen molar-refractivity contribution in [2.45, 2.75) is 45.1 Å². The van der Waals surface area contributed by atoms with Gasteiger partial charge in [0.25, 0.3) is 0 Å². The zero-order valence-electron chi connectivity index (χ0n) is 11.6. The number of hydrogen-bond donors (Lipinski definition) is 3. The standard InChI is InChI=1S/C15H21NO4/c1-2-3-7-12(10-15(19)20)16-14(18)9-11-6-4-5-8-13(11)17/h4-6,8,12,17H,2-3,7,9-10H2,1H3,(H,16,18)(H,19,20)/t12-/m1/s1. The third-order valence-corrected chi connectivity index (χ3v) is 3.03. The van der Waals surface area contributed by atoms with Gasteiger partial charge in [-0.3, -0.25) is 9.59 Å². The molecule has 0 radical (unpaired) electrons. The van der Waals surface area contributed by atoms with Gasteiger partial charge in [0, 0.05) is 11.6 Å². The fourth-order valence-electron chi connectivity index (χ4n) is 2.00. The third kappa shape index (κ3) is 5.73. The van der Waals surface area contributed by atoms with E-state index in [1.165, 1.54) is 6.07 Å². The summed E-state index contributed by atoms with van der Waals surface area (Å²) in [5.41, 5.74) is 0.537. The van der Waals surface area contributed by atoms with Crippen molar-refractivity contribution in [3.05, 3.63) is 29.8 Å². The lowest BCUT2D eigenvalue weighted by Gasteiger charge is -2.16. The van der Waals surface area contributed by atoms with Crippen LogP contribution in [0.2, 0.25) is 0 Å². The molecular weight excluding hydrogens is 258 g/mol. The lowest BCUT2D eigenvalue weighted by atomic mass is 10.1. The number of amides is 1. The second kappa shape index (κ2) is 8.19. The highest BCUT2D eigenvalue weighted by Crippen LogP contribution is 2.16. The van der Waals surface area contributed by atoms with E-state index in [0.29, 0.717) is 12.0 Å². The molecule has 0 saturated carbocycles. The number of phenols is 1. The van der Waals surface area contributed by atoms with Gasteiger partial charge in [0.15, 0.2) is 0 Å². The summed E-state index contributed by atoms with van der Waals surface area (Å²) < 4.78 is 0. The van der Waals surface area contributed by atoms with Crippen LogP contribution >= 0.6 is 0 Å². The second-order valence-electron chi connectivity index (χ2n) is 4.81. The van der Waals surface area contributed by atoms with Crippen molar-refractivity contribution in [1.29, 1.82) is 0 Å². The van der Waals surface area contributed by atoms with E-state index < -0.39 is 5.97 Å². The monoisotopic (exact) mass is 279 g/mol. The second-order valence-corrected chi connectivity index (χ2v) is 4.81. The fourth-order valence-corrected chi connectivity index (χ4v) is 2.00. The molecule has 0 spiro atoms. The van der Waals surface area contributed by atoms with E-state index in [0.717, 1.165) is 12.8 Å². The first-order valence-electron chi connectivity index (χ1n) is 6.81. The first-order chi connectivity index (χ1) is 9.52. The molecule has 0 fully saturated rings. The fraction of sp³-hybridized carbons (Fsp3) is 0.467. The average molecular weight is 279 g/mol. The predicted molar refractivity (Wildman–Crippen MR) is 75.5 cm³/mol. The number of phenolic OH excluding ortho intramolecular Hbond substituents is 1. The van der Waals surface area contributed by atoms with Gasteiger partial charge in [0.1, 0.15) is 5.75 Å². The van der Waals surface area contributed by atoms with Crippen molar-refractivity contribution in [1.82, 2.24) is 5.32 Å². The van der Waals surface area contributed by atoms with Gasteiger partial charge in [0.05, 0.1) is 12.8 Å². The molecule has 20 heavy (non-hydrogen) atoms. The van der Waals surface area contributed by atoms with Crippen molar-refractivity contribution in [2.24, 2.45) is 0 Å². The number of aliphatic carboxylic acids is 1. The van der Waals surface area contributed by atoms with E-state index in [1.807, 2.05) is 6.92 Å². The van der Waals surface area contributed by atoms with Crippen molar-refractivity contribution in [3.8, 4) is 5.75 Å². The minimum atomic E-state index is -0.922. The normalized spacial score (nSPS) is 11.8. The summed E-state index contributed by atoms with van der Waals surface area (Å²) in [4.78, 5) is 22.7. The lowest BCUT2D eigenvalue weighted by Crippen LogP contribution is -2.37. The maximum absolute atomic E-state index is 11.9. The Kier molecular flexibility index (Phi) is 6.56. The number of carboxylic acids is 1. The number of unbranched alkanes of at least 4 members (excludes halogenated alkanes) is 1. The molecule has 5 nitrogen and oxygen atoms in total. The molecule has 0 bridgehead atoms. The number of benzene rings is 1. The Hall–Kier alpha value is -2.04. The molecule has 0 heterocycles. The molecule has 0 aliphatic rings. The number of carboxylic acid groups (broad SMARTS) is 1. The molecule has 1 amide bonds. The topological polar surface area (TPSA) is 86.6 Å². The van der Waals surface area contributed by atoms with E-state index in [4.69, 9.17) is 5.11 Å². The molecule has 0 aromatic heterocycles. The summed E-state index contributed by atoms with van der Waals surface area (Å²) in [6.07, 6.45) is 2.44. The van der Waals surface area contributed by atoms with Gasteiger partial charge in [-0.05, 0) is 12.5 Å². The van der Waals surface area contributed by atoms with Crippen LogP contribution in [-0.4, -0.2) is 28.1 Å². The molecule has 1 atom stereocenters. The Labute approximate surface area is 118 Å². The molecule has 110 valence electrons. The van der Waals surface area contributed by atoms with Crippen LogP contribution in [0.1, 0.15) is 38.2 Å². The third-order valence-electron chi connectivity index (χ3n) is 3.03. The van der Waals surface area contributed by atoms with Gasteiger partial charge >= 0.3 is 5.97 Å². The summed E-state index contributed by atoms with van der Waals surface area (Å²) in [5, 5.41) is 21.2. The maximum Gasteiger partial charge on any atom is 0.305 e.